The number of carbonyl (C=O) groups is 3. The number of nitrogens with one attached hydrogen (secondary N) is 1. The zero-order valence-corrected chi connectivity index (χ0v) is 20.8. The highest BCUT2D eigenvalue weighted by atomic mass is 32.2. The summed E-state index contributed by atoms with van der Waals surface area (Å²) in [6, 6.07) is 9.34. The maximum absolute atomic E-state index is 12.6. The molecule has 2 aromatic heterocycles. The second kappa shape index (κ2) is 11.2. The predicted octanol–water partition coefficient (Wildman–Crippen LogP) is 3.16. The van der Waals surface area contributed by atoms with Gasteiger partial charge < -0.3 is 25.1 Å². The summed E-state index contributed by atoms with van der Waals surface area (Å²) in [5, 5.41) is 11.7. The normalized spacial score (nSPS) is 10.9. The van der Waals surface area contributed by atoms with E-state index in [0.717, 1.165) is 11.3 Å². The molecule has 12 heteroatoms. The SMILES string of the molecule is Cc1c(C(N)=O)sc(NC(=O)CSc2nnc(COc3ccccc3)n2C)c1C(=O)OC(C)C. The number of para-hydroxylation sites is 1. The Labute approximate surface area is 204 Å². The van der Waals surface area contributed by atoms with E-state index >= 15 is 0 Å². The number of nitrogens with two attached hydrogens (primary N) is 1. The molecular formula is C22H25N5O5S2. The van der Waals surface area contributed by atoms with Crippen molar-refractivity contribution >= 4 is 45.9 Å². The van der Waals surface area contributed by atoms with Crippen molar-refractivity contribution in [1.29, 1.82) is 0 Å². The lowest BCUT2D eigenvalue weighted by Gasteiger charge is -2.10. The number of hydrogen-bond acceptors (Lipinski definition) is 9. The fourth-order valence-electron chi connectivity index (χ4n) is 2.91. The van der Waals surface area contributed by atoms with E-state index in [9.17, 15) is 14.4 Å². The Morgan fingerprint density at radius 3 is 2.56 bits per heavy atom. The second-order valence-corrected chi connectivity index (χ2v) is 9.44. The van der Waals surface area contributed by atoms with Crippen LogP contribution >= 0.6 is 23.1 Å². The number of amides is 2. The van der Waals surface area contributed by atoms with Gasteiger partial charge in [-0.2, -0.15) is 0 Å². The van der Waals surface area contributed by atoms with Gasteiger partial charge in [0, 0.05) is 7.05 Å². The molecule has 3 N–H and O–H groups in total. The Morgan fingerprint density at radius 1 is 1.21 bits per heavy atom. The van der Waals surface area contributed by atoms with E-state index in [1.165, 1.54) is 11.8 Å². The molecule has 0 spiro atoms. The van der Waals surface area contributed by atoms with Crippen molar-refractivity contribution in [3.63, 3.8) is 0 Å². The zero-order valence-electron chi connectivity index (χ0n) is 19.2. The van der Waals surface area contributed by atoms with Crippen LogP contribution in [-0.2, 0) is 23.2 Å². The van der Waals surface area contributed by atoms with Crippen LogP contribution in [0.1, 0.15) is 45.3 Å². The minimum atomic E-state index is -0.680. The highest BCUT2D eigenvalue weighted by Crippen LogP contribution is 2.34. The molecule has 0 unspecified atom stereocenters. The van der Waals surface area contributed by atoms with Crippen molar-refractivity contribution in [1.82, 2.24) is 14.8 Å². The first-order valence-corrected chi connectivity index (χ1v) is 12.1. The summed E-state index contributed by atoms with van der Waals surface area (Å²) >= 11 is 2.12. The quantitative estimate of drug-likeness (QED) is 0.318. The van der Waals surface area contributed by atoms with Gasteiger partial charge in [-0.15, -0.1) is 21.5 Å². The summed E-state index contributed by atoms with van der Waals surface area (Å²) in [5.74, 6) is -0.368. The molecule has 0 bridgehead atoms. The average molecular weight is 504 g/mol. The van der Waals surface area contributed by atoms with Crippen LogP contribution in [-0.4, -0.2) is 44.4 Å². The summed E-state index contributed by atoms with van der Waals surface area (Å²) in [6.45, 7) is 5.25. The number of aromatic nitrogens is 3. The lowest BCUT2D eigenvalue weighted by atomic mass is 10.1. The van der Waals surface area contributed by atoms with Crippen LogP contribution in [0.2, 0.25) is 0 Å². The molecule has 0 aliphatic rings. The number of thiophene rings is 1. The Morgan fingerprint density at radius 2 is 1.91 bits per heavy atom. The summed E-state index contributed by atoms with van der Waals surface area (Å²) in [5.41, 5.74) is 5.93. The first kappa shape index (κ1) is 25.2. The van der Waals surface area contributed by atoms with E-state index in [0.29, 0.717) is 22.3 Å². The predicted molar refractivity (Wildman–Crippen MR) is 129 cm³/mol. The molecule has 34 heavy (non-hydrogen) atoms. The largest absolute Gasteiger partial charge is 0.486 e. The smallest absolute Gasteiger partial charge is 0.341 e. The Balaban J connectivity index is 1.65. The third kappa shape index (κ3) is 6.14. The molecule has 2 amide bonds. The number of carbonyl (C=O) groups excluding carboxylic acids is 3. The summed E-state index contributed by atoms with van der Waals surface area (Å²) in [6.07, 6.45) is -0.362. The molecular weight excluding hydrogens is 478 g/mol. The minimum Gasteiger partial charge on any atom is -0.486 e. The third-order valence-corrected chi connectivity index (χ3v) is 6.78. The molecule has 0 aliphatic heterocycles. The van der Waals surface area contributed by atoms with Gasteiger partial charge in [0.05, 0.1) is 22.3 Å². The molecule has 1 aromatic carbocycles. The third-order valence-electron chi connectivity index (χ3n) is 4.54. The van der Waals surface area contributed by atoms with E-state index in [2.05, 4.69) is 15.5 Å². The van der Waals surface area contributed by atoms with Crippen LogP contribution < -0.4 is 15.8 Å². The van der Waals surface area contributed by atoms with E-state index in [4.69, 9.17) is 15.2 Å². The number of hydrogen-bond donors (Lipinski definition) is 2. The molecule has 3 rings (SSSR count). The van der Waals surface area contributed by atoms with Gasteiger partial charge in [0.25, 0.3) is 5.91 Å². The van der Waals surface area contributed by atoms with E-state index in [1.54, 1.807) is 32.4 Å². The topological polar surface area (TPSA) is 138 Å². The molecule has 2 heterocycles. The molecule has 0 atom stereocenters. The van der Waals surface area contributed by atoms with Crippen molar-refractivity contribution in [3.05, 3.63) is 52.2 Å². The standard InChI is InChI=1S/C22H25N5O5S2/c1-12(2)32-21(30)17-13(3)18(19(23)29)34-20(17)24-16(28)11-33-22-26-25-15(27(22)4)10-31-14-8-6-5-7-9-14/h5-9,12H,10-11H2,1-4H3,(H2,23,29)(H,24,28). The number of thioether (sulfide) groups is 1. The molecule has 0 radical (unpaired) electrons. The van der Waals surface area contributed by atoms with Crippen molar-refractivity contribution in [3.8, 4) is 5.75 Å². The summed E-state index contributed by atoms with van der Waals surface area (Å²) < 4.78 is 12.7. The van der Waals surface area contributed by atoms with Gasteiger partial charge in [-0.25, -0.2) is 4.79 Å². The maximum atomic E-state index is 12.6. The van der Waals surface area contributed by atoms with Crippen molar-refractivity contribution in [2.45, 2.75) is 38.6 Å². The van der Waals surface area contributed by atoms with Crippen molar-refractivity contribution in [2.24, 2.45) is 12.8 Å². The lowest BCUT2D eigenvalue weighted by Crippen LogP contribution is -2.18. The number of ether oxygens (including phenoxy) is 2. The van der Waals surface area contributed by atoms with Crippen LogP contribution in [0.3, 0.4) is 0 Å². The highest BCUT2D eigenvalue weighted by molar-refractivity contribution is 7.99. The number of nitrogens with zero attached hydrogens (tertiary/aromatic N) is 3. The number of primary amides is 1. The Hall–Kier alpha value is -3.38. The van der Waals surface area contributed by atoms with E-state index < -0.39 is 11.9 Å². The van der Waals surface area contributed by atoms with Gasteiger partial charge in [-0.1, -0.05) is 30.0 Å². The number of benzene rings is 1. The van der Waals surface area contributed by atoms with Crippen LogP contribution in [0.25, 0.3) is 0 Å². The van der Waals surface area contributed by atoms with Crippen LogP contribution in [0, 0.1) is 6.92 Å². The Bertz CT molecular complexity index is 1190. The molecule has 10 nitrogen and oxygen atoms in total. The fourth-order valence-corrected chi connectivity index (χ4v) is 4.70. The summed E-state index contributed by atoms with van der Waals surface area (Å²) in [7, 11) is 1.78. The average Bonchev–Trinajstić information content (AvgIpc) is 3.30. The van der Waals surface area contributed by atoms with Crippen LogP contribution in [0.15, 0.2) is 35.5 Å². The maximum Gasteiger partial charge on any atom is 0.341 e. The second-order valence-electron chi connectivity index (χ2n) is 7.48. The van der Waals surface area contributed by atoms with Gasteiger partial charge >= 0.3 is 5.97 Å². The summed E-state index contributed by atoms with van der Waals surface area (Å²) in [4.78, 5) is 37.1. The van der Waals surface area contributed by atoms with Crippen LogP contribution in [0.5, 0.6) is 5.75 Å². The van der Waals surface area contributed by atoms with Crippen molar-refractivity contribution in [2.75, 3.05) is 11.1 Å². The molecule has 0 fully saturated rings. The molecule has 0 saturated carbocycles. The van der Waals surface area contributed by atoms with Crippen molar-refractivity contribution < 1.29 is 23.9 Å². The van der Waals surface area contributed by atoms with Gasteiger partial charge in [0.1, 0.15) is 17.4 Å². The molecule has 180 valence electrons. The monoisotopic (exact) mass is 503 g/mol. The number of anilines is 1. The van der Waals surface area contributed by atoms with Crippen LogP contribution in [0.4, 0.5) is 5.00 Å². The Kier molecular flexibility index (Phi) is 8.29. The van der Waals surface area contributed by atoms with E-state index in [1.807, 2.05) is 30.3 Å². The fraction of sp³-hybridized carbons (Fsp3) is 0.318. The molecule has 3 aromatic rings. The lowest BCUT2D eigenvalue weighted by molar-refractivity contribution is -0.113. The zero-order chi connectivity index (χ0) is 24.8. The first-order chi connectivity index (χ1) is 16.2. The number of esters is 1. The van der Waals surface area contributed by atoms with Gasteiger partial charge in [0.2, 0.25) is 5.91 Å². The van der Waals surface area contributed by atoms with Gasteiger partial charge in [-0.05, 0) is 38.5 Å². The number of rotatable bonds is 10. The molecule has 0 aliphatic carbocycles. The molecule has 0 saturated heterocycles. The minimum absolute atomic E-state index is 0.00698. The highest BCUT2D eigenvalue weighted by Gasteiger charge is 2.26. The first-order valence-electron chi connectivity index (χ1n) is 10.3. The van der Waals surface area contributed by atoms with Gasteiger partial charge in [0.15, 0.2) is 11.0 Å². The van der Waals surface area contributed by atoms with E-state index in [-0.39, 0.29) is 39.8 Å². The van der Waals surface area contributed by atoms with Gasteiger partial charge in [-0.3, -0.25) is 9.59 Å².